The Morgan fingerprint density at radius 1 is 1.14 bits per heavy atom. The zero-order valence-electron chi connectivity index (χ0n) is 11.0. The molecule has 6 nitrogen and oxygen atoms in total. The van der Waals surface area contributed by atoms with Gasteiger partial charge in [-0.15, -0.1) is 0 Å². The van der Waals surface area contributed by atoms with Crippen LogP contribution in [0, 0.1) is 15.7 Å². The average molecular weight is 420 g/mol. The summed E-state index contributed by atoms with van der Waals surface area (Å²) in [7, 11) is -3.68. The zero-order valence-corrected chi connectivity index (χ0v) is 14.0. The van der Waals surface area contributed by atoms with E-state index in [4.69, 9.17) is 3.17 Å². The summed E-state index contributed by atoms with van der Waals surface area (Å²) in [6, 6.07) is 13.4. The van der Waals surface area contributed by atoms with Crippen molar-refractivity contribution in [3.8, 4) is 0 Å². The SMILES string of the molecule is Cc1ccc(S(=O)(=O)NI2O[NH+]([O-])c3ccccc32)cc1. The molecule has 1 atom stereocenters. The minimum absolute atomic E-state index is 0.172. The summed E-state index contributed by atoms with van der Waals surface area (Å²) in [5.41, 5.74) is 1.43. The van der Waals surface area contributed by atoms with E-state index in [0.717, 1.165) is 5.56 Å². The van der Waals surface area contributed by atoms with Crippen molar-refractivity contribution in [2.24, 2.45) is 0 Å². The molecular formula is C13H13IN2O4S. The van der Waals surface area contributed by atoms with Crippen molar-refractivity contribution in [1.29, 1.82) is 0 Å². The molecule has 1 unspecified atom stereocenters. The van der Waals surface area contributed by atoms with Crippen molar-refractivity contribution in [1.82, 2.24) is 2.94 Å². The van der Waals surface area contributed by atoms with E-state index in [0.29, 0.717) is 9.26 Å². The van der Waals surface area contributed by atoms with Crippen LogP contribution in [0.5, 0.6) is 0 Å². The third-order valence-corrected chi connectivity index (χ3v) is 9.94. The molecule has 0 radical (unpaired) electrons. The third-order valence-electron chi connectivity index (χ3n) is 2.93. The van der Waals surface area contributed by atoms with Crippen LogP contribution in [0.2, 0.25) is 0 Å². The van der Waals surface area contributed by atoms with Crippen LogP contribution >= 0.6 is 20.5 Å². The normalized spacial score (nSPS) is 19.5. The first-order valence-electron chi connectivity index (χ1n) is 6.08. The maximum absolute atomic E-state index is 12.4. The quantitative estimate of drug-likeness (QED) is 0.447. The second kappa shape index (κ2) is 5.63. The molecule has 8 heteroatoms. The van der Waals surface area contributed by atoms with Crippen molar-refractivity contribution < 1.29 is 16.8 Å². The van der Waals surface area contributed by atoms with Gasteiger partial charge in [0.05, 0.1) is 0 Å². The van der Waals surface area contributed by atoms with Crippen molar-refractivity contribution in [3.05, 3.63) is 62.9 Å². The summed E-state index contributed by atoms with van der Waals surface area (Å²) < 4.78 is 33.2. The first-order chi connectivity index (χ1) is 9.97. The second-order valence-electron chi connectivity index (χ2n) is 4.49. The van der Waals surface area contributed by atoms with Crippen molar-refractivity contribution in [3.63, 3.8) is 0 Å². The molecule has 1 aliphatic rings. The summed E-state index contributed by atoms with van der Waals surface area (Å²) in [5, 5.41) is 11.3. The average Bonchev–Trinajstić information content (AvgIpc) is 2.76. The topological polar surface area (TPSA) is 82.9 Å². The van der Waals surface area contributed by atoms with Gasteiger partial charge in [0.25, 0.3) is 0 Å². The van der Waals surface area contributed by atoms with E-state index in [-0.39, 0.29) is 4.90 Å². The van der Waals surface area contributed by atoms with E-state index in [2.05, 4.69) is 2.94 Å². The van der Waals surface area contributed by atoms with Crippen LogP contribution in [0.15, 0.2) is 53.4 Å². The predicted molar refractivity (Wildman–Crippen MR) is 85.7 cm³/mol. The molecular weight excluding hydrogens is 407 g/mol. The fraction of sp³-hybridized carbons (Fsp3) is 0.0769. The van der Waals surface area contributed by atoms with Gasteiger partial charge in [0.2, 0.25) is 0 Å². The number of hydrogen-bond acceptors (Lipinski definition) is 4. The van der Waals surface area contributed by atoms with Crippen LogP contribution < -0.4 is 8.16 Å². The Bertz CT molecular complexity index is 764. The van der Waals surface area contributed by atoms with Gasteiger partial charge < -0.3 is 0 Å². The van der Waals surface area contributed by atoms with Gasteiger partial charge in [-0.05, 0) is 0 Å². The number of aryl methyl sites for hydroxylation is 1. The standard InChI is InChI=1S/C13H13IN2O4S/c1-10-6-8-11(9-7-10)21(18,19)15-14-12-4-2-3-5-13(12)16(17)20-14/h2-9,15-16H,1H3. The second-order valence-corrected chi connectivity index (χ2v) is 10.5. The Morgan fingerprint density at radius 3 is 2.52 bits per heavy atom. The molecule has 21 heavy (non-hydrogen) atoms. The fourth-order valence-electron chi connectivity index (χ4n) is 1.84. The number of benzene rings is 2. The summed E-state index contributed by atoms with van der Waals surface area (Å²) in [5.74, 6) is 0. The van der Waals surface area contributed by atoms with Gasteiger partial charge in [0.15, 0.2) is 0 Å². The molecule has 2 aromatic carbocycles. The molecule has 0 aromatic heterocycles. The summed E-state index contributed by atoms with van der Waals surface area (Å²) in [6.45, 7) is 1.88. The Kier molecular flexibility index (Phi) is 3.99. The minimum atomic E-state index is -3.68. The van der Waals surface area contributed by atoms with Crippen LogP contribution in [0.4, 0.5) is 5.69 Å². The first kappa shape index (κ1) is 14.9. The van der Waals surface area contributed by atoms with Gasteiger partial charge >= 0.3 is 131 Å². The number of fused-ring (bicyclic) bond motifs is 1. The molecule has 3 rings (SSSR count). The summed E-state index contributed by atoms with van der Waals surface area (Å²) in [6.07, 6.45) is 0. The number of quaternary nitrogens is 1. The van der Waals surface area contributed by atoms with Crippen molar-refractivity contribution in [2.75, 3.05) is 0 Å². The van der Waals surface area contributed by atoms with Crippen LogP contribution in [-0.4, -0.2) is 8.42 Å². The Balaban J connectivity index is 1.89. The van der Waals surface area contributed by atoms with Crippen LogP contribution in [0.1, 0.15) is 5.56 Å². The summed E-state index contributed by atoms with van der Waals surface area (Å²) in [4.78, 5) is 0.172. The number of sulfonamides is 1. The van der Waals surface area contributed by atoms with Gasteiger partial charge in [-0.3, -0.25) is 0 Å². The van der Waals surface area contributed by atoms with Gasteiger partial charge in [-0.25, -0.2) is 0 Å². The molecule has 0 saturated heterocycles. The summed E-state index contributed by atoms with van der Waals surface area (Å²) >= 11 is -2.73. The number of nitrogens with one attached hydrogen (secondary N) is 2. The fourth-order valence-corrected chi connectivity index (χ4v) is 8.38. The molecule has 0 bridgehead atoms. The van der Waals surface area contributed by atoms with Crippen LogP contribution in [0.25, 0.3) is 0 Å². The Labute approximate surface area is 130 Å². The molecule has 0 saturated carbocycles. The number of hydrogen-bond donors (Lipinski definition) is 2. The first-order valence-corrected chi connectivity index (χ1v) is 10.6. The number of rotatable bonds is 3. The molecule has 0 spiro atoms. The van der Waals surface area contributed by atoms with E-state index < -0.39 is 35.8 Å². The predicted octanol–water partition coefficient (Wildman–Crippen LogP) is 1.44. The van der Waals surface area contributed by atoms with Crippen LogP contribution in [0.3, 0.4) is 0 Å². The molecule has 0 fully saturated rings. The van der Waals surface area contributed by atoms with E-state index in [9.17, 15) is 13.6 Å². The Morgan fingerprint density at radius 2 is 1.81 bits per heavy atom. The van der Waals surface area contributed by atoms with Gasteiger partial charge in [-0.2, -0.15) is 0 Å². The molecule has 112 valence electrons. The van der Waals surface area contributed by atoms with Crippen molar-refractivity contribution >= 4 is 36.2 Å². The van der Waals surface area contributed by atoms with Gasteiger partial charge in [0, 0.05) is 0 Å². The van der Waals surface area contributed by atoms with E-state index >= 15 is 0 Å². The van der Waals surface area contributed by atoms with Gasteiger partial charge in [0.1, 0.15) is 0 Å². The molecule has 2 N–H and O–H groups in total. The molecule has 0 amide bonds. The third kappa shape index (κ3) is 2.96. The molecule has 0 aliphatic carbocycles. The monoisotopic (exact) mass is 420 g/mol. The van der Waals surface area contributed by atoms with E-state index in [1.54, 1.807) is 36.4 Å². The zero-order chi connectivity index (χ0) is 15.0. The molecule has 2 aromatic rings. The van der Waals surface area contributed by atoms with E-state index in [1.165, 1.54) is 12.1 Å². The van der Waals surface area contributed by atoms with Crippen molar-refractivity contribution in [2.45, 2.75) is 11.8 Å². The van der Waals surface area contributed by atoms with Crippen LogP contribution in [-0.2, 0) is 13.2 Å². The van der Waals surface area contributed by atoms with E-state index in [1.807, 2.05) is 6.92 Å². The molecule has 1 heterocycles. The Hall–Kier alpha value is -1.04. The maximum atomic E-state index is 12.4. The van der Waals surface area contributed by atoms with Gasteiger partial charge in [-0.1, -0.05) is 0 Å². The number of halogens is 1. The molecule has 1 aliphatic heterocycles.